The number of benzene rings is 1. The molecule has 0 saturated carbocycles. The molecule has 91 valence electrons. The topological polar surface area (TPSA) is 85.8 Å². The zero-order valence-corrected chi connectivity index (χ0v) is 9.72. The van der Waals surface area contributed by atoms with Gasteiger partial charge in [-0.3, -0.25) is 0 Å². The highest BCUT2D eigenvalue weighted by Crippen LogP contribution is 2.17. The Balaban J connectivity index is 1.75. The minimum absolute atomic E-state index is 0.495. The van der Waals surface area contributed by atoms with Crippen LogP contribution in [0.15, 0.2) is 47.9 Å². The summed E-state index contributed by atoms with van der Waals surface area (Å²) in [7, 11) is 0. The zero-order chi connectivity index (χ0) is 12.7. The van der Waals surface area contributed by atoms with Gasteiger partial charge in [-0.25, -0.2) is 15.3 Å². The van der Waals surface area contributed by atoms with Crippen molar-refractivity contribution in [2.75, 3.05) is 0 Å². The lowest BCUT2D eigenvalue weighted by atomic mass is 10.3. The Bertz CT molecular complexity index is 775. The van der Waals surface area contributed by atoms with Gasteiger partial charge in [-0.05, 0) is 12.1 Å². The Morgan fingerprint density at radius 2 is 2.05 bits per heavy atom. The van der Waals surface area contributed by atoms with E-state index in [-0.39, 0.29) is 0 Å². The maximum absolute atomic E-state index is 4.47. The number of rotatable bonds is 1. The standard InChI is InChI=1S/C12H8N7/c1-2-4-9-8(3-1)15-11(16-9)10-7-19(18-17-10)12-13-5-6-14-12/h1-7H,(H,15,16). The van der Waals surface area contributed by atoms with Gasteiger partial charge in [-0.1, -0.05) is 17.3 Å². The first-order valence-electron chi connectivity index (χ1n) is 5.72. The molecular weight excluding hydrogens is 242 g/mol. The quantitative estimate of drug-likeness (QED) is 0.702. The van der Waals surface area contributed by atoms with E-state index in [0.717, 1.165) is 11.0 Å². The number of hydrogen-bond acceptors (Lipinski definition) is 4. The fourth-order valence-corrected chi connectivity index (χ4v) is 1.90. The third kappa shape index (κ3) is 1.60. The van der Waals surface area contributed by atoms with E-state index < -0.39 is 0 Å². The van der Waals surface area contributed by atoms with Crippen LogP contribution in [0.25, 0.3) is 22.6 Å². The first kappa shape index (κ1) is 10.0. The third-order valence-corrected chi connectivity index (χ3v) is 2.78. The summed E-state index contributed by atoms with van der Waals surface area (Å²) in [6.07, 6.45) is 4.96. The van der Waals surface area contributed by atoms with Crippen LogP contribution in [0, 0.1) is 0 Å². The predicted molar refractivity (Wildman–Crippen MR) is 69.2 cm³/mol. The zero-order valence-electron chi connectivity index (χ0n) is 9.72. The average Bonchev–Trinajstić information content (AvgIpc) is 3.17. The molecule has 1 N–H and O–H groups in total. The Morgan fingerprint density at radius 3 is 2.89 bits per heavy atom. The van der Waals surface area contributed by atoms with Crippen LogP contribution in [-0.2, 0) is 0 Å². The van der Waals surface area contributed by atoms with Gasteiger partial charge in [0.05, 0.1) is 17.2 Å². The number of imidazole rings is 1. The summed E-state index contributed by atoms with van der Waals surface area (Å²) in [4.78, 5) is 11.7. The van der Waals surface area contributed by atoms with Crippen LogP contribution >= 0.6 is 0 Å². The van der Waals surface area contributed by atoms with Gasteiger partial charge in [0.15, 0.2) is 5.82 Å². The molecule has 1 radical (unpaired) electrons. The smallest absolute Gasteiger partial charge is 0.252 e. The maximum Gasteiger partial charge on any atom is 0.252 e. The molecule has 7 heteroatoms. The highest BCUT2D eigenvalue weighted by molar-refractivity contribution is 5.85. The summed E-state index contributed by atoms with van der Waals surface area (Å²) >= 11 is 0. The molecule has 1 aliphatic heterocycles. The Labute approximate surface area is 107 Å². The molecule has 1 aliphatic rings. The number of hydrogen-bond donors (Lipinski definition) is 1. The second kappa shape index (κ2) is 3.77. The SMILES string of the molecule is C1=CN=C(n2cc(-c3nc4ccccc4[nH]3)nn2)[N]1. The molecular formula is C12H8N7. The summed E-state index contributed by atoms with van der Waals surface area (Å²) < 4.78 is 1.52. The summed E-state index contributed by atoms with van der Waals surface area (Å²) in [6.45, 7) is 0. The van der Waals surface area contributed by atoms with Crippen LogP contribution in [0.4, 0.5) is 0 Å². The number of nitrogens with one attached hydrogen (secondary N) is 1. The van der Waals surface area contributed by atoms with E-state index >= 15 is 0 Å². The maximum atomic E-state index is 4.47. The van der Waals surface area contributed by atoms with Crippen LogP contribution in [-0.4, -0.2) is 30.9 Å². The van der Waals surface area contributed by atoms with Gasteiger partial charge in [0, 0.05) is 12.4 Å². The van der Waals surface area contributed by atoms with Crippen molar-refractivity contribution < 1.29 is 0 Å². The number of nitrogens with zero attached hydrogens (tertiary/aromatic N) is 6. The third-order valence-electron chi connectivity index (χ3n) is 2.78. The molecule has 0 unspecified atom stereocenters. The number of H-pyrrole nitrogens is 1. The predicted octanol–water partition coefficient (Wildman–Crippen LogP) is 1.11. The van der Waals surface area contributed by atoms with Crippen molar-refractivity contribution in [2.24, 2.45) is 4.99 Å². The molecule has 4 rings (SSSR count). The van der Waals surface area contributed by atoms with E-state index in [1.807, 2.05) is 24.3 Å². The molecule has 3 heterocycles. The summed E-state index contributed by atoms with van der Waals surface area (Å²) in [5.74, 6) is 1.17. The fraction of sp³-hybridized carbons (Fsp3) is 0. The lowest BCUT2D eigenvalue weighted by Crippen LogP contribution is -2.18. The van der Waals surface area contributed by atoms with Crippen molar-refractivity contribution in [3.63, 3.8) is 0 Å². The first-order valence-corrected chi connectivity index (χ1v) is 5.72. The molecule has 2 aromatic heterocycles. The monoisotopic (exact) mass is 250 g/mol. The van der Waals surface area contributed by atoms with E-state index in [9.17, 15) is 0 Å². The summed E-state index contributed by atoms with van der Waals surface area (Å²) in [5, 5.41) is 12.1. The van der Waals surface area contributed by atoms with Gasteiger partial charge >= 0.3 is 0 Å². The van der Waals surface area contributed by atoms with Crippen molar-refractivity contribution in [2.45, 2.75) is 0 Å². The molecule has 19 heavy (non-hydrogen) atoms. The molecule has 0 bridgehead atoms. The van der Waals surface area contributed by atoms with E-state index in [1.165, 1.54) is 4.68 Å². The molecule has 0 amide bonds. The minimum atomic E-state index is 0.495. The number of para-hydroxylation sites is 2. The Morgan fingerprint density at radius 1 is 1.11 bits per heavy atom. The van der Waals surface area contributed by atoms with E-state index in [4.69, 9.17) is 0 Å². The van der Waals surface area contributed by atoms with Crippen LogP contribution < -0.4 is 5.32 Å². The van der Waals surface area contributed by atoms with Gasteiger partial charge in [-0.2, -0.15) is 4.68 Å². The van der Waals surface area contributed by atoms with E-state index in [1.54, 1.807) is 18.6 Å². The van der Waals surface area contributed by atoms with Crippen molar-refractivity contribution in [3.05, 3.63) is 42.9 Å². The normalized spacial score (nSPS) is 13.8. The number of aromatic amines is 1. The number of aromatic nitrogens is 5. The second-order valence-electron chi connectivity index (χ2n) is 4.01. The molecule has 7 nitrogen and oxygen atoms in total. The van der Waals surface area contributed by atoms with E-state index in [2.05, 4.69) is 30.6 Å². The Hall–Kier alpha value is -2.96. The highest BCUT2D eigenvalue weighted by Gasteiger charge is 2.12. The molecule has 0 spiro atoms. The molecule has 0 atom stereocenters. The van der Waals surface area contributed by atoms with E-state index in [0.29, 0.717) is 17.5 Å². The van der Waals surface area contributed by atoms with Crippen LogP contribution in [0.3, 0.4) is 0 Å². The molecule has 0 aliphatic carbocycles. The van der Waals surface area contributed by atoms with Crippen molar-refractivity contribution in [3.8, 4) is 11.5 Å². The van der Waals surface area contributed by atoms with Crippen molar-refractivity contribution >= 4 is 17.0 Å². The lowest BCUT2D eigenvalue weighted by Gasteiger charge is -1.94. The number of aliphatic imine (C=N–C) groups is 1. The van der Waals surface area contributed by atoms with Gasteiger partial charge in [0.2, 0.25) is 0 Å². The van der Waals surface area contributed by atoms with Gasteiger partial charge in [0.1, 0.15) is 5.69 Å². The molecule has 1 aromatic carbocycles. The molecule has 0 fully saturated rings. The van der Waals surface area contributed by atoms with Crippen molar-refractivity contribution in [1.82, 2.24) is 30.3 Å². The van der Waals surface area contributed by atoms with Crippen LogP contribution in [0.5, 0.6) is 0 Å². The minimum Gasteiger partial charge on any atom is -0.337 e. The van der Waals surface area contributed by atoms with Gasteiger partial charge < -0.3 is 4.98 Å². The largest absolute Gasteiger partial charge is 0.337 e. The van der Waals surface area contributed by atoms with Crippen LogP contribution in [0.1, 0.15) is 0 Å². The van der Waals surface area contributed by atoms with Gasteiger partial charge in [0.25, 0.3) is 5.96 Å². The average molecular weight is 250 g/mol. The Kier molecular flexibility index (Phi) is 1.99. The fourth-order valence-electron chi connectivity index (χ4n) is 1.90. The first-order chi connectivity index (χ1) is 9.40. The van der Waals surface area contributed by atoms with Crippen molar-refractivity contribution in [1.29, 1.82) is 0 Å². The molecule has 3 aromatic rings. The van der Waals surface area contributed by atoms with Crippen LogP contribution in [0.2, 0.25) is 0 Å². The lowest BCUT2D eigenvalue weighted by molar-refractivity contribution is 0.821. The molecule has 0 saturated heterocycles. The summed E-state index contributed by atoms with van der Waals surface area (Å²) in [5.41, 5.74) is 2.52. The second-order valence-corrected chi connectivity index (χ2v) is 4.01. The summed E-state index contributed by atoms with van der Waals surface area (Å²) in [6, 6.07) is 7.82. The number of fused-ring (bicyclic) bond motifs is 1. The van der Waals surface area contributed by atoms with Gasteiger partial charge in [-0.15, -0.1) is 5.10 Å². The highest BCUT2D eigenvalue weighted by atomic mass is 15.5.